The summed E-state index contributed by atoms with van der Waals surface area (Å²) in [6.07, 6.45) is 0.843. The number of aliphatic hydroxyl groups excluding tert-OH is 1. The van der Waals surface area contributed by atoms with Crippen LogP contribution in [0.25, 0.3) is 0 Å². The third-order valence-electron chi connectivity index (χ3n) is 1.72. The molecule has 0 aromatic heterocycles. The molecule has 0 fully saturated rings. The van der Waals surface area contributed by atoms with Gasteiger partial charge in [0, 0.05) is 6.07 Å². The topological polar surface area (TPSA) is 38.7 Å². The van der Waals surface area contributed by atoms with Gasteiger partial charge in [-0.05, 0) is 18.6 Å². The minimum atomic E-state index is -0.363. The summed E-state index contributed by atoms with van der Waals surface area (Å²) < 4.78 is 23.4. The molecule has 3 nitrogen and oxygen atoms in total. The van der Waals surface area contributed by atoms with Crippen molar-refractivity contribution in [1.82, 2.24) is 0 Å². The van der Waals surface area contributed by atoms with Gasteiger partial charge in [0.25, 0.3) is 0 Å². The zero-order valence-corrected chi connectivity index (χ0v) is 8.70. The summed E-state index contributed by atoms with van der Waals surface area (Å²) in [6, 6.07) is 4.07. The zero-order valence-electron chi connectivity index (χ0n) is 8.70. The lowest BCUT2D eigenvalue weighted by molar-refractivity contribution is 0.193. The van der Waals surface area contributed by atoms with E-state index in [4.69, 9.17) is 14.6 Å². The Balaban J connectivity index is 2.73. The van der Waals surface area contributed by atoms with Gasteiger partial charge in [-0.15, -0.1) is 0 Å². The van der Waals surface area contributed by atoms with Gasteiger partial charge in [-0.2, -0.15) is 0 Å². The van der Waals surface area contributed by atoms with E-state index in [2.05, 4.69) is 0 Å². The van der Waals surface area contributed by atoms with Crippen molar-refractivity contribution < 1.29 is 19.0 Å². The van der Waals surface area contributed by atoms with E-state index in [9.17, 15) is 4.39 Å². The predicted molar refractivity (Wildman–Crippen MR) is 54.8 cm³/mol. The summed E-state index contributed by atoms with van der Waals surface area (Å²) in [5.74, 6) is 0.474. The fourth-order valence-corrected chi connectivity index (χ4v) is 1.08. The maximum Gasteiger partial charge on any atom is 0.164 e. The van der Waals surface area contributed by atoms with E-state index in [0.29, 0.717) is 18.1 Å². The molecular weight excluding hydrogens is 199 g/mol. The van der Waals surface area contributed by atoms with Gasteiger partial charge in [0.05, 0.1) is 13.2 Å². The van der Waals surface area contributed by atoms with Crippen LogP contribution in [0.2, 0.25) is 0 Å². The molecule has 84 valence electrons. The van der Waals surface area contributed by atoms with Gasteiger partial charge >= 0.3 is 0 Å². The first kappa shape index (κ1) is 11.8. The Hall–Kier alpha value is -1.29. The van der Waals surface area contributed by atoms with Crippen molar-refractivity contribution >= 4 is 0 Å². The Morgan fingerprint density at radius 3 is 2.60 bits per heavy atom. The summed E-state index contributed by atoms with van der Waals surface area (Å²) in [7, 11) is 0. The first-order valence-corrected chi connectivity index (χ1v) is 4.94. The molecule has 0 aliphatic carbocycles. The molecule has 0 amide bonds. The second kappa shape index (κ2) is 6.24. The summed E-state index contributed by atoms with van der Waals surface area (Å²) >= 11 is 0. The summed E-state index contributed by atoms with van der Waals surface area (Å²) in [5.41, 5.74) is 0. The molecule has 0 aliphatic rings. The number of hydrogen-bond acceptors (Lipinski definition) is 3. The largest absolute Gasteiger partial charge is 0.490 e. The molecule has 0 heterocycles. The molecule has 0 bridgehead atoms. The molecule has 4 heteroatoms. The highest BCUT2D eigenvalue weighted by Gasteiger charge is 2.06. The van der Waals surface area contributed by atoms with E-state index in [0.717, 1.165) is 6.42 Å². The maximum atomic E-state index is 12.9. The lowest BCUT2D eigenvalue weighted by Gasteiger charge is -2.11. The van der Waals surface area contributed by atoms with E-state index in [1.54, 1.807) is 0 Å². The fraction of sp³-hybridized carbons (Fsp3) is 0.455. The van der Waals surface area contributed by atoms with Crippen LogP contribution in [0.15, 0.2) is 18.2 Å². The lowest BCUT2D eigenvalue weighted by Crippen LogP contribution is -2.04. The third-order valence-corrected chi connectivity index (χ3v) is 1.72. The highest BCUT2D eigenvalue weighted by Crippen LogP contribution is 2.27. The molecule has 0 saturated carbocycles. The standard InChI is InChI=1S/C11H15FO3/c1-2-6-14-11-8-9(12)3-4-10(11)15-7-5-13/h3-4,8,13H,2,5-7H2,1H3. The predicted octanol–water partition coefficient (Wildman–Crippen LogP) is 1.99. The van der Waals surface area contributed by atoms with Crippen LogP contribution in [0.1, 0.15) is 13.3 Å². The number of benzene rings is 1. The van der Waals surface area contributed by atoms with Crippen LogP contribution < -0.4 is 9.47 Å². The molecule has 1 aromatic carbocycles. The normalized spacial score (nSPS) is 10.1. The lowest BCUT2D eigenvalue weighted by atomic mass is 10.3. The highest BCUT2D eigenvalue weighted by atomic mass is 19.1. The Morgan fingerprint density at radius 1 is 1.20 bits per heavy atom. The van der Waals surface area contributed by atoms with Gasteiger partial charge in [0.1, 0.15) is 12.4 Å². The van der Waals surface area contributed by atoms with Crippen molar-refractivity contribution in [3.8, 4) is 11.5 Å². The number of aliphatic hydroxyl groups is 1. The van der Waals surface area contributed by atoms with E-state index in [-0.39, 0.29) is 19.0 Å². The van der Waals surface area contributed by atoms with Crippen molar-refractivity contribution in [1.29, 1.82) is 0 Å². The Morgan fingerprint density at radius 2 is 1.93 bits per heavy atom. The van der Waals surface area contributed by atoms with Crippen molar-refractivity contribution in [2.24, 2.45) is 0 Å². The van der Waals surface area contributed by atoms with Crippen LogP contribution in [-0.2, 0) is 0 Å². The fourth-order valence-electron chi connectivity index (χ4n) is 1.08. The molecule has 1 rings (SSSR count). The van der Waals surface area contributed by atoms with E-state index < -0.39 is 0 Å². The minimum absolute atomic E-state index is 0.0788. The number of ether oxygens (including phenoxy) is 2. The molecule has 0 unspecified atom stereocenters. The molecule has 1 aromatic rings. The van der Waals surface area contributed by atoms with Gasteiger partial charge in [-0.1, -0.05) is 6.92 Å². The van der Waals surface area contributed by atoms with Crippen LogP contribution in [0.3, 0.4) is 0 Å². The average molecular weight is 214 g/mol. The Kier molecular flexibility index (Phi) is 4.90. The van der Waals surface area contributed by atoms with Gasteiger partial charge in [-0.3, -0.25) is 0 Å². The molecule has 0 atom stereocenters. The van der Waals surface area contributed by atoms with E-state index in [1.807, 2.05) is 6.92 Å². The van der Waals surface area contributed by atoms with E-state index >= 15 is 0 Å². The third kappa shape index (κ3) is 3.75. The van der Waals surface area contributed by atoms with Gasteiger partial charge in [0.2, 0.25) is 0 Å². The van der Waals surface area contributed by atoms with Gasteiger partial charge in [-0.25, -0.2) is 4.39 Å². The van der Waals surface area contributed by atoms with Gasteiger partial charge < -0.3 is 14.6 Å². The van der Waals surface area contributed by atoms with E-state index in [1.165, 1.54) is 18.2 Å². The molecular formula is C11H15FO3. The molecule has 0 spiro atoms. The van der Waals surface area contributed by atoms with Crippen molar-refractivity contribution in [2.75, 3.05) is 19.8 Å². The zero-order chi connectivity index (χ0) is 11.1. The van der Waals surface area contributed by atoms with Crippen LogP contribution in [0.4, 0.5) is 4.39 Å². The first-order valence-electron chi connectivity index (χ1n) is 4.94. The second-order valence-electron chi connectivity index (χ2n) is 3.01. The molecule has 15 heavy (non-hydrogen) atoms. The summed E-state index contributed by atoms with van der Waals surface area (Å²) in [6.45, 7) is 2.57. The van der Waals surface area contributed by atoms with Crippen molar-refractivity contribution in [3.63, 3.8) is 0 Å². The molecule has 0 aliphatic heterocycles. The maximum absolute atomic E-state index is 12.9. The molecule has 0 radical (unpaired) electrons. The van der Waals surface area contributed by atoms with Crippen molar-refractivity contribution in [3.05, 3.63) is 24.0 Å². The Labute approximate surface area is 88.4 Å². The quantitative estimate of drug-likeness (QED) is 0.787. The number of rotatable bonds is 6. The molecule has 1 N–H and O–H groups in total. The SMILES string of the molecule is CCCOc1cc(F)ccc1OCCO. The number of halogens is 1. The smallest absolute Gasteiger partial charge is 0.164 e. The second-order valence-corrected chi connectivity index (χ2v) is 3.01. The minimum Gasteiger partial charge on any atom is -0.490 e. The highest BCUT2D eigenvalue weighted by molar-refractivity contribution is 5.40. The van der Waals surface area contributed by atoms with Crippen LogP contribution in [0.5, 0.6) is 11.5 Å². The summed E-state index contributed by atoms with van der Waals surface area (Å²) in [5, 5.41) is 8.61. The number of hydrogen-bond donors (Lipinski definition) is 1. The first-order chi connectivity index (χ1) is 7.27. The average Bonchev–Trinajstić information content (AvgIpc) is 2.25. The van der Waals surface area contributed by atoms with Crippen molar-refractivity contribution in [2.45, 2.75) is 13.3 Å². The Bertz CT molecular complexity index is 302. The van der Waals surface area contributed by atoms with Crippen LogP contribution in [0, 0.1) is 5.82 Å². The summed E-state index contributed by atoms with van der Waals surface area (Å²) in [4.78, 5) is 0. The van der Waals surface area contributed by atoms with Gasteiger partial charge in [0.15, 0.2) is 11.5 Å². The van der Waals surface area contributed by atoms with Crippen LogP contribution >= 0.6 is 0 Å². The molecule has 0 saturated heterocycles. The van der Waals surface area contributed by atoms with Crippen LogP contribution in [-0.4, -0.2) is 24.9 Å². The monoisotopic (exact) mass is 214 g/mol.